The monoisotopic (exact) mass is 360 g/mol. The van der Waals surface area contributed by atoms with Crippen LogP contribution in [0, 0.1) is 11.6 Å². The van der Waals surface area contributed by atoms with Crippen LogP contribution in [0.25, 0.3) is 0 Å². The van der Waals surface area contributed by atoms with Gasteiger partial charge in [-0.3, -0.25) is 0 Å². The quantitative estimate of drug-likeness (QED) is 0.767. The lowest BCUT2D eigenvalue weighted by Gasteiger charge is -2.14. The molecule has 0 spiro atoms. The van der Waals surface area contributed by atoms with Gasteiger partial charge in [0.2, 0.25) is 0 Å². The molecule has 0 aliphatic carbocycles. The van der Waals surface area contributed by atoms with Crippen LogP contribution in [-0.4, -0.2) is 17.7 Å². The Hall–Kier alpha value is -1.89. The number of amides is 2. The van der Waals surface area contributed by atoms with E-state index >= 15 is 0 Å². The highest BCUT2D eigenvalue weighted by Crippen LogP contribution is 2.25. The molecule has 0 aliphatic heterocycles. The minimum atomic E-state index is -1.31. The average molecular weight is 361 g/mol. The number of carbonyl (C=O) groups excluding carboxylic acids is 1. The third kappa shape index (κ3) is 4.79. The van der Waals surface area contributed by atoms with Crippen LogP contribution < -0.4 is 10.6 Å². The zero-order valence-corrected chi connectivity index (χ0v) is 13.1. The number of halogens is 4. The van der Waals surface area contributed by atoms with E-state index in [0.717, 1.165) is 12.1 Å². The molecule has 0 bridgehead atoms. The maximum absolute atomic E-state index is 13.5. The first-order chi connectivity index (χ1) is 10.9. The molecule has 1 atom stereocenters. The van der Waals surface area contributed by atoms with Gasteiger partial charge < -0.3 is 15.7 Å². The molecule has 0 fully saturated rings. The molecular formula is C15H12Cl2F2N2O2. The first-order valence-corrected chi connectivity index (χ1v) is 7.25. The number of nitrogens with one attached hydrogen (secondary N) is 2. The lowest BCUT2D eigenvalue weighted by atomic mass is 10.1. The molecule has 0 heterocycles. The zero-order chi connectivity index (χ0) is 17.0. The fourth-order valence-electron chi connectivity index (χ4n) is 1.82. The molecule has 3 N–H and O–H groups in total. The van der Waals surface area contributed by atoms with Gasteiger partial charge in [0, 0.05) is 23.9 Å². The summed E-state index contributed by atoms with van der Waals surface area (Å²) in [6.07, 6.45) is -1.31. The largest absolute Gasteiger partial charge is 0.386 e. The molecule has 0 saturated heterocycles. The molecule has 0 aliphatic rings. The van der Waals surface area contributed by atoms with Crippen LogP contribution in [-0.2, 0) is 0 Å². The van der Waals surface area contributed by atoms with E-state index in [1.165, 1.54) is 12.1 Å². The van der Waals surface area contributed by atoms with Gasteiger partial charge >= 0.3 is 6.03 Å². The topological polar surface area (TPSA) is 61.4 Å². The van der Waals surface area contributed by atoms with Gasteiger partial charge in [0.25, 0.3) is 0 Å². The molecule has 2 rings (SSSR count). The summed E-state index contributed by atoms with van der Waals surface area (Å²) in [5.74, 6) is -1.63. The van der Waals surface area contributed by atoms with E-state index in [1.54, 1.807) is 6.07 Å². The van der Waals surface area contributed by atoms with Crippen molar-refractivity contribution in [3.05, 3.63) is 63.6 Å². The number of hydrogen-bond acceptors (Lipinski definition) is 2. The second-order valence-electron chi connectivity index (χ2n) is 4.65. The third-order valence-electron chi connectivity index (χ3n) is 2.95. The molecule has 2 aromatic carbocycles. The number of carbonyl (C=O) groups is 1. The van der Waals surface area contributed by atoms with Crippen molar-refractivity contribution in [2.45, 2.75) is 6.10 Å². The van der Waals surface area contributed by atoms with Gasteiger partial charge in [0.1, 0.15) is 11.6 Å². The van der Waals surface area contributed by atoms with E-state index in [2.05, 4.69) is 10.6 Å². The highest BCUT2D eigenvalue weighted by molar-refractivity contribution is 6.42. The Labute approximate surface area is 141 Å². The van der Waals surface area contributed by atoms with Crippen molar-refractivity contribution in [3.8, 4) is 0 Å². The minimum Gasteiger partial charge on any atom is -0.386 e. The summed E-state index contributed by atoms with van der Waals surface area (Å²) in [4.78, 5) is 11.7. The maximum Gasteiger partial charge on any atom is 0.319 e. The molecule has 0 aromatic heterocycles. The first kappa shape index (κ1) is 17.5. The van der Waals surface area contributed by atoms with Crippen molar-refractivity contribution in [1.82, 2.24) is 5.32 Å². The van der Waals surface area contributed by atoms with Crippen molar-refractivity contribution in [2.24, 2.45) is 0 Å². The lowest BCUT2D eigenvalue weighted by molar-refractivity contribution is 0.170. The van der Waals surface area contributed by atoms with Crippen LogP contribution in [0.1, 0.15) is 11.7 Å². The van der Waals surface area contributed by atoms with Gasteiger partial charge in [-0.1, -0.05) is 29.3 Å². The molecule has 0 saturated carbocycles. The number of benzene rings is 2. The average Bonchev–Trinajstić information content (AvgIpc) is 2.48. The minimum absolute atomic E-state index is 0.110. The van der Waals surface area contributed by atoms with E-state index in [1.807, 2.05) is 0 Å². The zero-order valence-electron chi connectivity index (χ0n) is 11.6. The lowest BCUT2D eigenvalue weighted by Crippen LogP contribution is -2.32. The van der Waals surface area contributed by atoms with Crippen molar-refractivity contribution in [3.63, 3.8) is 0 Å². The Bertz CT molecular complexity index is 729. The van der Waals surface area contributed by atoms with Crippen LogP contribution in [0.4, 0.5) is 19.3 Å². The Kier molecular flexibility index (Phi) is 5.76. The van der Waals surface area contributed by atoms with E-state index < -0.39 is 23.8 Å². The Morgan fingerprint density at radius 2 is 1.87 bits per heavy atom. The van der Waals surface area contributed by atoms with Crippen LogP contribution in [0.5, 0.6) is 0 Å². The summed E-state index contributed by atoms with van der Waals surface area (Å²) in [6.45, 7) is -0.254. The highest BCUT2D eigenvalue weighted by atomic mass is 35.5. The predicted molar refractivity (Wildman–Crippen MR) is 84.8 cm³/mol. The van der Waals surface area contributed by atoms with Crippen LogP contribution in [0.15, 0.2) is 36.4 Å². The SMILES string of the molecule is O=C(NC[C@@H](O)c1ccc(F)cc1F)Nc1ccc(Cl)c(Cl)c1. The summed E-state index contributed by atoms with van der Waals surface area (Å²) in [7, 11) is 0. The molecule has 8 heteroatoms. The van der Waals surface area contributed by atoms with E-state index in [9.17, 15) is 18.7 Å². The maximum atomic E-state index is 13.5. The van der Waals surface area contributed by atoms with Gasteiger partial charge in [-0.05, 0) is 24.3 Å². The van der Waals surface area contributed by atoms with Crippen molar-refractivity contribution >= 4 is 34.9 Å². The number of rotatable bonds is 4. The fraction of sp³-hybridized carbons (Fsp3) is 0.133. The van der Waals surface area contributed by atoms with Gasteiger partial charge in [-0.25, -0.2) is 13.6 Å². The van der Waals surface area contributed by atoms with Crippen LogP contribution in [0.2, 0.25) is 10.0 Å². The summed E-state index contributed by atoms with van der Waals surface area (Å²) in [6, 6.07) is 6.70. The molecule has 122 valence electrons. The molecule has 2 aromatic rings. The van der Waals surface area contributed by atoms with Gasteiger partial charge in [-0.2, -0.15) is 0 Å². The molecule has 4 nitrogen and oxygen atoms in total. The van der Waals surface area contributed by atoms with Crippen molar-refractivity contribution in [1.29, 1.82) is 0 Å². The van der Waals surface area contributed by atoms with Gasteiger partial charge in [0.05, 0.1) is 16.1 Å². The highest BCUT2D eigenvalue weighted by Gasteiger charge is 2.14. The van der Waals surface area contributed by atoms with E-state index in [4.69, 9.17) is 23.2 Å². The van der Waals surface area contributed by atoms with E-state index in [0.29, 0.717) is 16.8 Å². The molecular weight excluding hydrogens is 349 g/mol. The Morgan fingerprint density at radius 1 is 1.13 bits per heavy atom. The van der Waals surface area contributed by atoms with Gasteiger partial charge in [-0.15, -0.1) is 0 Å². The van der Waals surface area contributed by atoms with Crippen LogP contribution in [0.3, 0.4) is 0 Å². The standard InChI is InChI=1S/C15H12Cl2F2N2O2/c16-11-4-2-9(6-12(11)17)21-15(23)20-7-14(22)10-3-1-8(18)5-13(10)19/h1-6,14,22H,7H2,(H2,20,21,23)/t14-/m1/s1. The Morgan fingerprint density at radius 3 is 2.52 bits per heavy atom. The fourth-order valence-corrected chi connectivity index (χ4v) is 2.12. The molecule has 23 heavy (non-hydrogen) atoms. The number of hydrogen-bond donors (Lipinski definition) is 3. The normalized spacial score (nSPS) is 11.9. The predicted octanol–water partition coefficient (Wildman–Crippen LogP) is 4.13. The second-order valence-corrected chi connectivity index (χ2v) is 5.46. The van der Waals surface area contributed by atoms with Crippen LogP contribution >= 0.6 is 23.2 Å². The summed E-state index contributed by atoms with van der Waals surface area (Å²) in [5.41, 5.74) is 0.292. The van der Waals surface area contributed by atoms with E-state index in [-0.39, 0.29) is 17.1 Å². The first-order valence-electron chi connectivity index (χ1n) is 6.49. The molecule has 0 unspecified atom stereocenters. The molecule has 0 radical (unpaired) electrons. The number of aliphatic hydroxyl groups excluding tert-OH is 1. The summed E-state index contributed by atoms with van der Waals surface area (Å²) >= 11 is 11.6. The Balaban J connectivity index is 1.91. The summed E-state index contributed by atoms with van der Waals surface area (Å²) < 4.78 is 26.3. The smallest absolute Gasteiger partial charge is 0.319 e. The summed E-state index contributed by atoms with van der Waals surface area (Å²) in [5, 5.41) is 15.3. The number of urea groups is 1. The van der Waals surface area contributed by atoms with Crippen molar-refractivity contribution in [2.75, 3.05) is 11.9 Å². The number of aliphatic hydroxyl groups is 1. The number of anilines is 1. The second kappa shape index (κ2) is 7.59. The molecule has 2 amide bonds. The third-order valence-corrected chi connectivity index (χ3v) is 3.69. The van der Waals surface area contributed by atoms with Gasteiger partial charge in [0.15, 0.2) is 0 Å². The van der Waals surface area contributed by atoms with Crippen molar-refractivity contribution < 1.29 is 18.7 Å².